The number of carbonyl (C=O) groups is 1. The number of aromatic nitrogens is 5. The molecular formula is C23H27N7O3. The van der Waals surface area contributed by atoms with E-state index in [4.69, 9.17) is 4.74 Å². The van der Waals surface area contributed by atoms with Gasteiger partial charge in [0.05, 0.1) is 36.9 Å². The molecule has 1 amide bonds. The van der Waals surface area contributed by atoms with Gasteiger partial charge in [-0.2, -0.15) is 0 Å². The first-order valence-electron chi connectivity index (χ1n) is 11.3. The van der Waals surface area contributed by atoms with E-state index in [9.17, 15) is 9.59 Å². The van der Waals surface area contributed by atoms with E-state index in [1.807, 2.05) is 25.6 Å². The van der Waals surface area contributed by atoms with Crippen LogP contribution in [0.15, 0.2) is 36.0 Å². The minimum absolute atomic E-state index is 0.0756. The Bertz CT molecular complexity index is 1330. The van der Waals surface area contributed by atoms with Gasteiger partial charge in [-0.3, -0.25) is 14.0 Å². The highest BCUT2D eigenvalue weighted by Gasteiger charge is 2.59. The van der Waals surface area contributed by atoms with Crippen molar-refractivity contribution in [1.29, 1.82) is 0 Å². The molecule has 1 N–H and O–H groups in total. The second-order valence-corrected chi connectivity index (χ2v) is 9.58. The van der Waals surface area contributed by atoms with Crippen LogP contribution in [0.2, 0.25) is 0 Å². The maximum atomic E-state index is 13.8. The normalized spacial score (nSPS) is 25.6. The summed E-state index contributed by atoms with van der Waals surface area (Å²) in [5.41, 5.74) is 2.95. The van der Waals surface area contributed by atoms with Gasteiger partial charge in [0.1, 0.15) is 5.69 Å². The minimum Gasteiger partial charge on any atom is -0.478 e. The molecule has 1 unspecified atom stereocenters. The van der Waals surface area contributed by atoms with Crippen LogP contribution >= 0.6 is 0 Å². The van der Waals surface area contributed by atoms with Crippen LogP contribution in [0.4, 0.5) is 11.4 Å². The number of hydrogen-bond acceptors (Lipinski definition) is 6. The number of carbonyl (C=O) groups excluding carboxylic acids is 1. The van der Waals surface area contributed by atoms with Crippen molar-refractivity contribution in [2.45, 2.75) is 37.1 Å². The lowest BCUT2D eigenvalue weighted by atomic mass is 9.43. The maximum Gasteiger partial charge on any atom is 0.334 e. The zero-order valence-corrected chi connectivity index (χ0v) is 18.8. The monoisotopic (exact) mass is 449 g/mol. The zero-order chi connectivity index (χ0) is 22.9. The van der Waals surface area contributed by atoms with Crippen LogP contribution in [0.25, 0.3) is 5.65 Å². The van der Waals surface area contributed by atoms with Gasteiger partial charge in [-0.25, -0.2) is 14.2 Å². The predicted molar refractivity (Wildman–Crippen MR) is 122 cm³/mol. The van der Waals surface area contributed by atoms with Crippen LogP contribution in [-0.2, 0) is 17.3 Å². The smallest absolute Gasteiger partial charge is 0.334 e. The number of nitrogens with zero attached hydrogens (tertiary/aromatic N) is 6. The molecule has 0 radical (unpaired) electrons. The van der Waals surface area contributed by atoms with Gasteiger partial charge >= 0.3 is 5.69 Å². The number of likely N-dealkylation sites (tertiary alicyclic amines) is 1. The number of anilines is 2. The molecule has 1 atom stereocenters. The summed E-state index contributed by atoms with van der Waals surface area (Å²) in [6.07, 6.45) is 10.9. The molecule has 3 saturated carbocycles. The van der Waals surface area contributed by atoms with Crippen molar-refractivity contribution in [2.75, 3.05) is 25.5 Å². The second kappa shape index (κ2) is 6.97. The fourth-order valence-electron chi connectivity index (χ4n) is 5.77. The van der Waals surface area contributed by atoms with Crippen LogP contribution in [-0.4, -0.2) is 54.7 Å². The van der Waals surface area contributed by atoms with E-state index in [1.54, 1.807) is 25.7 Å². The lowest BCUT2D eigenvalue weighted by molar-refractivity contribution is -0.125. The van der Waals surface area contributed by atoms with Crippen molar-refractivity contribution < 1.29 is 9.53 Å². The molecule has 3 aliphatic carbocycles. The highest BCUT2D eigenvalue weighted by atomic mass is 16.5. The molecule has 0 spiro atoms. The summed E-state index contributed by atoms with van der Waals surface area (Å²) in [5.74, 6) is 1.14. The van der Waals surface area contributed by atoms with E-state index >= 15 is 0 Å². The van der Waals surface area contributed by atoms with E-state index in [0.29, 0.717) is 42.4 Å². The van der Waals surface area contributed by atoms with Gasteiger partial charge in [-0.05, 0) is 37.7 Å². The highest BCUT2D eigenvalue weighted by Crippen LogP contribution is 2.65. The Hall–Kier alpha value is -3.56. The molecule has 10 heteroatoms. The first-order valence-corrected chi connectivity index (χ1v) is 11.3. The van der Waals surface area contributed by atoms with E-state index < -0.39 is 0 Å². The molecule has 4 heterocycles. The molecule has 10 nitrogen and oxygen atoms in total. The Morgan fingerprint density at radius 1 is 1.30 bits per heavy atom. The molecule has 172 valence electrons. The summed E-state index contributed by atoms with van der Waals surface area (Å²) in [7, 11) is 3.40. The van der Waals surface area contributed by atoms with E-state index in [1.165, 1.54) is 6.08 Å². The number of amides is 1. The lowest BCUT2D eigenvalue weighted by Gasteiger charge is -2.61. The number of hydrogen-bond donors (Lipinski definition) is 1. The van der Waals surface area contributed by atoms with Crippen LogP contribution in [0.5, 0.6) is 5.88 Å². The molecular weight excluding hydrogens is 422 g/mol. The average Bonchev–Trinajstić information content (AvgIpc) is 3.46. The topological polar surface area (TPSA) is 98.7 Å². The van der Waals surface area contributed by atoms with Gasteiger partial charge in [0.2, 0.25) is 5.91 Å². The van der Waals surface area contributed by atoms with Gasteiger partial charge in [0.25, 0.3) is 5.88 Å². The molecule has 1 aliphatic heterocycles. The van der Waals surface area contributed by atoms with Gasteiger partial charge < -0.3 is 15.0 Å². The van der Waals surface area contributed by atoms with Crippen LogP contribution in [0.3, 0.4) is 0 Å². The van der Waals surface area contributed by atoms with Crippen molar-refractivity contribution in [3.05, 3.63) is 47.4 Å². The fraction of sp³-hybridized carbons (Fsp3) is 0.478. The number of nitrogens with one attached hydrogen (secondary N) is 1. The van der Waals surface area contributed by atoms with Crippen molar-refractivity contribution in [3.63, 3.8) is 0 Å². The summed E-state index contributed by atoms with van der Waals surface area (Å²) in [4.78, 5) is 32.3. The minimum atomic E-state index is -0.120. The number of methoxy groups -OCH3 is 1. The standard InChI is InChI=1S/C23H27N7O3/c1-4-19(31)28-6-5-15(11-28)29-13-16(25-17-12-27(2)26-21(17)33-3)20-24-10-18(30(20)22(29)32)23-7-14(8-23)9-23/h4,10,12-15,25H,1,5-9,11H2,2-3H3. The van der Waals surface area contributed by atoms with Gasteiger partial charge in [-0.1, -0.05) is 6.58 Å². The molecule has 0 aromatic carbocycles. The summed E-state index contributed by atoms with van der Waals surface area (Å²) in [6, 6.07) is -0.120. The Kier molecular flexibility index (Phi) is 4.24. The number of imidazole rings is 1. The number of aryl methyl sites for hydroxylation is 1. The Balaban J connectivity index is 1.48. The molecule has 3 aromatic rings. The van der Waals surface area contributed by atoms with Crippen molar-refractivity contribution in [3.8, 4) is 5.88 Å². The highest BCUT2D eigenvalue weighted by molar-refractivity contribution is 5.87. The summed E-state index contributed by atoms with van der Waals surface area (Å²) in [5, 5.41) is 7.71. The Labute approximate surface area is 190 Å². The lowest BCUT2D eigenvalue weighted by Crippen LogP contribution is -2.56. The third kappa shape index (κ3) is 2.86. The van der Waals surface area contributed by atoms with Crippen molar-refractivity contribution >= 4 is 22.9 Å². The largest absolute Gasteiger partial charge is 0.478 e. The zero-order valence-electron chi connectivity index (χ0n) is 18.8. The van der Waals surface area contributed by atoms with Crippen LogP contribution in [0.1, 0.15) is 37.4 Å². The van der Waals surface area contributed by atoms with E-state index in [-0.39, 0.29) is 23.1 Å². The molecule has 4 fully saturated rings. The molecule has 3 aromatic heterocycles. The average molecular weight is 450 g/mol. The molecule has 2 bridgehead atoms. The SMILES string of the molecule is C=CC(=O)N1CCC(n2cc(Nc3cn(C)nc3OC)c3ncc(C45CC(C4)C5)n3c2=O)C1. The first kappa shape index (κ1) is 20.1. The van der Waals surface area contributed by atoms with E-state index in [0.717, 1.165) is 30.9 Å². The Morgan fingerprint density at radius 2 is 2.09 bits per heavy atom. The second-order valence-electron chi connectivity index (χ2n) is 9.58. The van der Waals surface area contributed by atoms with Gasteiger partial charge in [0, 0.05) is 31.7 Å². The van der Waals surface area contributed by atoms with E-state index in [2.05, 4.69) is 22.0 Å². The number of rotatable bonds is 6. The fourth-order valence-corrected chi connectivity index (χ4v) is 5.77. The third-order valence-electron chi connectivity index (χ3n) is 7.57. The number of fused-ring (bicyclic) bond motifs is 1. The molecule has 4 aliphatic rings. The molecule has 1 saturated heterocycles. The summed E-state index contributed by atoms with van der Waals surface area (Å²) < 4.78 is 10.6. The molecule has 33 heavy (non-hydrogen) atoms. The van der Waals surface area contributed by atoms with Gasteiger partial charge in [-0.15, -0.1) is 5.10 Å². The maximum absolute atomic E-state index is 13.8. The summed E-state index contributed by atoms with van der Waals surface area (Å²) in [6.45, 7) is 4.66. The number of ether oxygens (including phenoxy) is 1. The first-order chi connectivity index (χ1) is 15.9. The third-order valence-corrected chi connectivity index (χ3v) is 7.57. The molecule has 7 rings (SSSR count). The van der Waals surface area contributed by atoms with Crippen molar-refractivity contribution in [2.24, 2.45) is 13.0 Å². The van der Waals surface area contributed by atoms with Crippen LogP contribution in [0, 0.1) is 5.92 Å². The van der Waals surface area contributed by atoms with Gasteiger partial charge in [0.15, 0.2) is 5.65 Å². The van der Waals surface area contributed by atoms with Crippen LogP contribution < -0.4 is 15.7 Å². The quantitative estimate of drug-likeness (QED) is 0.578. The van der Waals surface area contributed by atoms with Crippen molar-refractivity contribution in [1.82, 2.24) is 28.6 Å². The Morgan fingerprint density at radius 3 is 2.76 bits per heavy atom. The predicted octanol–water partition coefficient (Wildman–Crippen LogP) is 1.99. The summed E-state index contributed by atoms with van der Waals surface area (Å²) >= 11 is 0.